The topological polar surface area (TPSA) is 244 Å². The Kier molecular flexibility index (Phi) is 13.6. The predicted octanol–water partition coefficient (Wildman–Crippen LogP) is 5.43. The second-order valence-corrected chi connectivity index (χ2v) is 16.9. The minimum atomic E-state index is -4.13. The van der Waals surface area contributed by atoms with Gasteiger partial charge in [0.25, 0.3) is 0 Å². The first-order valence-corrected chi connectivity index (χ1v) is 21.0. The van der Waals surface area contributed by atoms with Crippen LogP contribution in [0.25, 0.3) is 11.4 Å². The zero-order chi connectivity index (χ0) is 42.4. The van der Waals surface area contributed by atoms with Gasteiger partial charge in [0.05, 0.1) is 36.0 Å². The maximum Gasteiger partial charge on any atom is 0.240 e. The fraction of sp³-hybridized carbons (Fsp3) is 0.158. The molecule has 6 rings (SSSR count). The van der Waals surface area contributed by atoms with E-state index in [9.17, 15) is 31.2 Å². The minimum Gasteiger partial charge on any atom is -0.326 e. The highest BCUT2D eigenvalue weighted by molar-refractivity contribution is 7.89. The van der Waals surface area contributed by atoms with E-state index in [0.717, 1.165) is 0 Å². The molecule has 0 spiro atoms. The molecule has 0 aliphatic heterocycles. The summed E-state index contributed by atoms with van der Waals surface area (Å²) in [5.74, 6) is -0.268. The number of nitrogens with zero attached hydrogens (tertiary/aromatic N) is 5. The molecule has 0 radical (unpaired) electrons. The van der Waals surface area contributed by atoms with Gasteiger partial charge in [0.2, 0.25) is 31.9 Å². The number of benzene rings is 4. The monoisotopic (exact) mass is 865 g/mol. The fourth-order valence-corrected chi connectivity index (χ4v) is 7.24. The summed E-state index contributed by atoms with van der Waals surface area (Å²) in [5.41, 5.74) is 2.57. The van der Waals surface area contributed by atoms with Crippen LogP contribution in [0.3, 0.4) is 0 Å². The molecule has 58 heavy (non-hydrogen) atoms. The number of Topliss-reactive ketones (excluding diaryl/α,β-unsaturated/α-hetero) is 1. The molecule has 20 heteroatoms. The molecule has 2 amide bonds. The summed E-state index contributed by atoms with van der Waals surface area (Å²) in [6, 6.07) is 22.5. The number of carbonyl (C=O) groups is 3. The van der Waals surface area contributed by atoms with Gasteiger partial charge in [0.1, 0.15) is 16.1 Å². The van der Waals surface area contributed by atoms with Crippen molar-refractivity contribution in [3.05, 3.63) is 136 Å². The van der Waals surface area contributed by atoms with Crippen molar-refractivity contribution < 1.29 is 31.2 Å². The summed E-state index contributed by atoms with van der Waals surface area (Å²) in [5, 5.41) is 25.3. The van der Waals surface area contributed by atoms with Crippen LogP contribution in [0.2, 0.25) is 10.0 Å². The number of primary sulfonamides is 2. The molecule has 0 aliphatic rings. The Balaban J connectivity index is 0.000000221. The molecule has 0 bridgehead atoms. The third kappa shape index (κ3) is 11.2. The van der Waals surface area contributed by atoms with Crippen LogP contribution in [0, 0.1) is 0 Å². The lowest BCUT2D eigenvalue weighted by molar-refractivity contribution is -0.116. The third-order valence-electron chi connectivity index (χ3n) is 8.23. The molecular weight excluding hydrogens is 830 g/mol. The molecule has 0 aliphatic carbocycles. The first-order valence-electron chi connectivity index (χ1n) is 17.2. The number of rotatable bonds is 12. The van der Waals surface area contributed by atoms with Gasteiger partial charge < -0.3 is 10.6 Å². The molecular formula is C38H37Cl2N9O7S2. The van der Waals surface area contributed by atoms with E-state index in [4.69, 9.17) is 33.5 Å². The van der Waals surface area contributed by atoms with Crippen molar-refractivity contribution in [3.63, 3.8) is 0 Å². The largest absolute Gasteiger partial charge is 0.326 e. The number of hydrogen-bond donors (Lipinski definition) is 4. The Hall–Kier alpha value is -5.76. The summed E-state index contributed by atoms with van der Waals surface area (Å²) in [4.78, 5) is 39.9. The molecule has 302 valence electrons. The molecule has 2 heterocycles. The first-order chi connectivity index (χ1) is 27.3. The third-order valence-corrected chi connectivity index (χ3v) is 10.8. The van der Waals surface area contributed by atoms with Crippen LogP contribution in [-0.2, 0) is 42.5 Å². The van der Waals surface area contributed by atoms with Crippen molar-refractivity contribution in [3.8, 4) is 11.4 Å². The lowest BCUT2D eigenvalue weighted by Crippen LogP contribution is -2.18. The Morgan fingerprint density at radius 3 is 1.59 bits per heavy atom. The van der Waals surface area contributed by atoms with Gasteiger partial charge in [0, 0.05) is 33.5 Å². The Morgan fingerprint density at radius 2 is 1.19 bits per heavy atom. The molecule has 4 aromatic carbocycles. The number of amides is 2. The van der Waals surface area contributed by atoms with Crippen LogP contribution >= 0.6 is 23.2 Å². The highest BCUT2D eigenvalue weighted by Crippen LogP contribution is 2.26. The van der Waals surface area contributed by atoms with Crippen LogP contribution in [0.15, 0.2) is 113 Å². The lowest BCUT2D eigenvalue weighted by atomic mass is 10.1. The van der Waals surface area contributed by atoms with Crippen LogP contribution in [0.1, 0.15) is 54.0 Å². The number of carbonyl (C=O) groups excluding carboxylic acids is 3. The van der Waals surface area contributed by atoms with Gasteiger partial charge in [-0.25, -0.2) is 41.5 Å². The van der Waals surface area contributed by atoms with E-state index in [2.05, 4.69) is 25.8 Å². The number of anilines is 2. The summed E-state index contributed by atoms with van der Waals surface area (Å²) < 4.78 is 51.0. The lowest BCUT2D eigenvalue weighted by Gasteiger charge is -2.12. The van der Waals surface area contributed by atoms with E-state index in [1.807, 2.05) is 13.8 Å². The predicted molar refractivity (Wildman–Crippen MR) is 219 cm³/mol. The van der Waals surface area contributed by atoms with Gasteiger partial charge >= 0.3 is 0 Å². The number of nitrogens with two attached hydrogens (primary N) is 2. The number of ketones is 1. The quantitative estimate of drug-likeness (QED) is 0.114. The Labute approximate surface area is 344 Å². The molecule has 6 N–H and O–H groups in total. The van der Waals surface area contributed by atoms with Crippen molar-refractivity contribution in [1.82, 2.24) is 24.5 Å². The van der Waals surface area contributed by atoms with Crippen molar-refractivity contribution >= 4 is 72.2 Å². The summed E-state index contributed by atoms with van der Waals surface area (Å²) in [6.45, 7) is 5.23. The molecule has 0 atom stereocenters. The smallest absolute Gasteiger partial charge is 0.240 e. The standard InChI is InChI=1S/C19H20ClN5O3S.C19H17ClN4O4S/c1-12(2)19-22-11-25(24-19)16-8-7-14(10-17(16)29(21,27)28)23-18(26)9-13-5-3-4-6-15(13)20;1-12(25)14-10-22-24(11-14)17-7-6-15(9-18(17)29(21,27)28)23-19(26)8-13-4-2-3-5-16(13)20/h3-8,10-12H,9H2,1-2H3,(H,23,26)(H2,21,27,28);2-7,9-11H,8H2,1H3,(H,23,26)(H2,21,27,28). The summed E-state index contributed by atoms with van der Waals surface area (Å²) >= 11 is 12.1. The number of nitrogens with one attached hydrogen (secondary N) is 2. The highest BCUT2D eigenvalue weighted by atomic mass is 35.5. The average molecular weight is 867 g/mol. The van der Waals surface area contributed by atoms with E-state index in [1.165, 1.54) is 65.3 Å². The molecule has 0 saturated carbocycles. The van der Waals surface area contributed by atoms with E-state index >= 15 is 0 Å². The zero-order valence-electron chi connectivity index (χ0n) is 31.1. The molecule has 2 aromatic heterocycles. The second-order valence-electron chi connectivity index (χ2n) is 13.0. The van der Waals surface area contributed by atoms with E-state index in [0.29, 0.717) is 38.2 Å². The maximum absolute atomic E-state index is 12.4. The SMILES string of the molecule is CC(=O)c1cnn(-c2ccc(NC(=O)Cc3ccccc3Cl)cc2S(N)(=O)=O)c1.CC(C)c1ncn(-c2ccc(NC(=O)Cc3ccccc3Cl)cc2S(N)(=O)=O)n1. The fourth-order valence-electron chi connectivity index (χ4n) is 5.35. The van der Waals surface area contributed by atoms with Crippen LogP contribution in [0.4, 0.5) is 11.4 Å². The van der Waals surface area contributed by atoms with E-state index in [-0.39, 0.29) is 63.2 Å². The zero-order valence-corrected chi connectivity index (χ0v) is 34.3. The van der Waals surface area contributed by atoms with Crippen molar-refractivity contribution in [2.45, 2.75) is 49.3 Å². The Bertz CT molecular complexity index is 2740. The van der Waals surface area contributed by atoms with Gasteiger partial charge in [-0.1, -0.05) is 73.4 Å². The molecule has 0 fully saturated rings. The second kappa shape index (κ2) is 18.2. The van der Waals surface area contributed by atoms with Crippen molar-refractivity contribution in [2.24, 2.45) is 10.3 Å². The molecule has 6 aromatic rings. The van der Waals surface area contributed by atoms with Gasteiger partial charge in [0.15, 0.2) is 11.6 Å². The normalized spacial score (nSPS) is 11.4. The van der Waals surface area contributed by atoms with E-state index in [1.54, 1.807) is 54.6 Å². The van der Waals surface area contributed by atoms with Gasteiger partial charge in [-0.15, -0.1) is 0 Å². The van der Waals surface area contributed by atoms with Crippen LogP contribution < -0.4 is 20.9 Å². The maximum atomic E-state index is 12.4. The van der Waals surface area contributed by atoms with Crippen molar-refractivity contribution in [2.75, 3.05) is 10.6 Å². The summed E-state index contributed by atoms with van der Waals surface area (Å²) in [7, 11) is -8.21. The highest BCUT2D eigenvalue weighted by Gasteiger charge is 2.21. The molecule has 0 saturated heterocycles. The minimum absolute atomic E-state index is 0.0211. The van der Waals surface area contributed by atoms with Gasteiger partial charge in [-0.2, -0.15) is 10.2 Å². The van der Waals surface area contributed by atoms with Gasteiger partial charge in [-0.3, -0.25) is 14.4 Å². The van der Waals surface area contributed by atoms with Crippen molar-refractivity contribution in [1.29, 1.82) is 0 Å². The molecule has 0 unspecified atom stereocenters. The van der Waals surface area contributed by atoms with Crippen LogP contribution in [0.5, 0.6) is 0 Å². The Morgan fingerprint density at radius 1 is 0.724 bits per heavy atom. The first kappa shape index (κ1) is 43.4. The average Bonchev–Trinajstić information content (AvgIpc) is 3.85. The van der Waals surface area contributed by atoms with E-state index < -0.39 is 20.0 Å². The number of hydrogen-bond acceptors (Lipinski definition) is 10. The van der Waals surface area contributed by atoms with Crippen LogP contribution in [-0.4, -0.2) is 59.0 Å². The number of sulfonamides is 2. The summed E-state index contributed by atoms with van der Waals surface area (Å²) in [6.07, 6.45) is 4.23. The molecule has 16 nitrogen and oxygen atoms in total. The number of halogens is 2. The van der Waals surface area contributed by atoms with Gasteiger partial charge in [-0.05, 0) is 66.6 Å². The number of aromatic nitrogens is 5.